The lowest BCUT2D eigenvalue weighted by Crippen LogP contribution is -2.43. The number of carbonyl (C=O) groups is 1. The number of piperidine rings is 1. The van der Waals surface area contributed by atoms with Crippen molar-refractivity contribution in [2.24, 2.45) is 5.92 Å². The van der Waals surface area contributed by atoms with Crippen LogP contribution in [-0.2, 0) is 0 Å². The number of nitrogens with zero attached hydrogens (tertiary/aromatic N) is 1. The van der Waals surface area contributed by atoms with Crippen molar-refractivity contribution in [1.29, 1.82) is 0 Å². The van der Waals surface area contributed by atoms with Gasteiger partial charge in [-0.3, -0.25) is 9.59 Å². The summed E-state index contributed by atoms with van der Waals surface area (Å²) in [7, 11) is 1.92. The van der Waals surface area contributed by atoms with Crippen molar-refractivity contribution < 1.29 is 4.79 Å². The molecule has 25 heavy (non-hydrogen) atoms. The average molecular weight is 362 g/mol. The molecule has 1 aromatic heterocycles. The third-order valence-electron chi connectivity index (χ3n) is 4.52. The van der Waals surface area contributed by atoms with Crippen molar-refractivity contribution in [2.75, 3.05) is 26.7 Å². The molecule has 1 aromatic carbocycles. The number of likely N-dealkylation sites (tertiary alicyclic amines) is 1. The number of carbonyl (C=O) groups excluding carboxylic acids is 1. The summed E-state index contributed by atoms with van der Waals surface area (Å²) in [6.45, 7) is 2.32. The topological polar surface area (TPSA) is 65.2 Å². The summed E-state index contributed by atoms with van der Waals surface area (Å²) in [5.74, 6) is 0.284. The molecule has 2 heterocycles. The number of benzene rings is 1. The van der Waals surface area contributed by atoms with E-state index in [2.05, 4.69) is 10.3 Å². The molecule has 5 nitrogen and oxygen atoms in total. The molecule has 1 aliphatic rings. The van der Waals surface area contributed by atoms with E-state index in [9.17, 15) is 9.59 Å². The van der Waals surface area contributed by atoms with Crippen LogP contribution in [0.5, 0.6) is 0 Å². The molecule has 0 bridgehead atoms. The van der Waals surface area contributed by atoms with Crippen LogP contribution in [0.15, 0.2) is 47.3 Å². The second kappa shape index (κ2) is 8.83. The van der Waals surface area contributed by atoms with Crippen LogP contribution in [0.3, 0.4) is 0 Å². The normalized spacial score (nSPS) is 17.0. The van der Waals surface area contributed by atoms with Crippen molar-refractivity contribution in [1.82, 2.24) is 15.2 Å². The maximum atomic E-state index is 12.7. The van der Waals surface area contributed by atoms with E-state index >= 15 is 0 Å². The minimum atomic E-state index is -0.322. The molecule has 0 aliphatic carbocycles. The monoisotopic (exact) mass is 361 g/mol. The smallest absolute Gasteiger partial charge is 0.261 e. The zero-order valence-corrected chi connectivity index (χ0v) is 15.1. The molecule has 0 saturated carbocycles. The van der Waals surface area contributed by atoms with Gasteiger partial charge in [0.05, 0.1) is 0 Å². The van der Waals surface area contributed by atoms with Crippen LogP contribution in [0.2, 0.25) is 0 Å². The number of H-pyrrole nitrogens is 1. The van der Waals surface area contributed by atoms with E-state index in [1.54, 1.807) is 17.0 Å². The predicted molar refractivity (Wildman–Crippen MR) is 102 cm³/mol. The third-order valence-corrected chi connectivity index (χ3v) is 4.52. The molecule has 1 amide bonds. The van der Waals surface area contributed by atoms with Crippen LogP contribution in [0.1, 0.15) is 23.2 Å². The van der Waals surface area contributed by atoms with Crippen molar-refractivity contribution in [3.05, 3.63) is 58.4 Å². The number of nitrogens with one attached hydrogen (secondary N) is 2. The fourth-order valence-electron chi connectivity index (χ4n) is 3.30. The van der Waals surface area contributed by atoms with Crippen LogP contribution < -0.4 is 10.9 Å². The molecule has 1 aliphatic heterocycles. The molecule has 0 radical (unpaired) electrons. The maximum absolute atomic E-state index is 12.7. The van der Waals surface area contributed by atoms with Gasteiger partial charge in [0.1, 0.15) is 5.56 Å². The van der Waals surface area contributed by atoms with E-state index in [1.165, 1.54) is 0 Å². The first-order chi connectivity index (χ1) is 11.7. The Kier molecular flexibility index (Phi) is 6.79. The Bertz CT molecular complexity index is 759. The Morgan fingerprint density at radius 2 is 2.00 bits per heavy atom. The van der Waals surface area contributed by atoms with Gasteiger partial charge in [-0.15, -0.1) is 12.4 Å². The van der Waals surface area contributed by atoms with Gasteiger partial charge >= 0.3 is 0 Å². The molecular weight excluding hydrogens is 338 g/mol. The average Bonchev–Trinajstić information content (AvgIpc) is 2.62. The van der Waals surface area contributed by atoms with E-state index < -0.39 is 0 Å². The molecule has 1 saturated heterocycles. The summed E-state index contributed by atoms with van der Waals surface area (Å²) in [5, 5.41) is 3.17. The van der Waals surface area contributed by atoms with Crippen molar-refractivity contribution in [3.8, 4) is 11.3 Å². The highest BCUT2D eigenvalue weighted by atomic mass is 35.5. The van der Waals surface area contributed by atoms with Gasteiger partial charge in [0.15, 0.2) is 0 Å². The van der Waals surface area contributed by atoms with Gasteiger partial charge < -0.3 is 15.2 Å². The lowest BCUT2D eigenvalue weighted by Gasteiger charge is -2.32. The third kappa shape index (κ3) is 4.50. The van der Waals surface area contributed by atoms with Gasteiger partial charge in [0.2, 0.25) is 0 Å². The molecule has 1 unspecified atom stereocenters. The number of pyridine rings is 1. The number of aromatic nitrogens is 1. The minimum Gasteiger partial charge on any atom is -0.338 e. The molecule has 2 aromatic rings. The molecule has 0 spiro atoms. The highest BCUT2D eigenvalue weighted by Gasteiger charge is 2.25. The van der Waals surface area contributed by atoms with E-state index in [1.807, 2.05) is 37.4 Å². The molecule has 134 valence electrons. The summed E-state index contributed by atoms with van der Waals surface area (Å²) >= 11 is 0. The summed E-state index contributed by atoms with van der Waals surface area (Å²) in [5.41, 5.74) is 1.56. The first kappa shape index (κ1) is 19.2. The van der Waals surface area contributed by atoms with Crippen molar-refractivity contribution in [2.45, 2.75) is 12.8 Å². The van der Waals surface area contributed by atoms with E-state index in [0.29, 0.717) is 12.5 Å². The summed E-state index contributed by atoms with van der Waals surface area (Å²) < 4.78 is 0. The van der Waals surface area contributed by atoms with E-state index in [-0.39, 0.29) is 29.4 Å². The second-order valence-electron chi connectivity index (χ2n) is 6.30. The quantitative estimate of drug-likeness (QED) is 0.879. The standard InChI is InChI=1S/C19H23N3O2.ClH/c1-20-12-14-6-5-11-22(13-14)19(24)16-9-10-17(21-18(16)23)15-7-3-2-4-8-15;/h2-4,7-10,14,20H,5-6,11-13H2,1H3,(H,21,23);1H. The number of rotatable bonds is 4. The van der Waals surface area contributed by atoms with E-state index in [4.69, 9.17) is 0 Å². The Morgan fingerprint density at radius 1 is 1.24 bits per heavy atom. The van der Waals surface area contributed by atoms with Gasteiger partial charge in [0.25, 0.3) is 11.5 Å². The zero-order chi connectivity index (χ0) is 16.9. The number of amides is 1. The highest BCUT2D eigenvalue weighted by Crippen LogP contribution is 2.18. The number of halogens is 1. The van der Waals surface area contributed by atoms with Crippen LogP contribution in [0.25, 0.3) is 11.3 Å². The SMILES string of the molecule is CNCC1CCCN(C(=O)c2ccc(-c3ccccc3)[nH]c2=O)C1.Cl. The Morgan fingerprint density at radius 3 is 2.68 bits per heavy atom. The van der Waals surface area contributed by atoms with Crippen LogP contribution in [-0.4, -0.2) is 42.5 Å². The zero-order valence-electron chi connectivity index (χ0n) is 14.3. The lowest BCUT2D eigenvalue weighted by molar-refractivity contribution is 0.0672. The Balaban J connectivity index is 0.00000225. The van der Waals surface area contributed by atoms with E-state index in [0.717, 1.165) is 37.2 Å². The predicted octanol–water partition coefficient (Wildman–Crippen LogP) is 2.54. The van der Waals surface area contributed by atoms with Crippen LogP contribution in [0.4, 0.5) is 0 Å². The fraction of sp³-hybridized carbons (Fsp3) is 0.368. The molecule has 3 rings (SSSR count). The first-order valence-electron chi connectivity index (χ1n) is 8.41. The summed E-state index contributed by atoms with van der Waals surface area (Å²) in [6, 6.07) is 13.1. The number of aromatic amines is 1. The molecule has 1 atom stereocenters. The van der Waals surface area contributed by atoms with Gasteiger partial charge in [-0.1, -0.05) is 30.3 Å². The van der Waals surface area contributed by atoms with Gasteiger partial charge in [-0.2, -0.15) is 0 Å². The number of hydrogen-bond donors (Lipinski definition) is 2. The van der Waals surface area contributed by atoms with Crippen molar-refractivity contribution >= 4 is 18.3 Å². The summed E-state index contributed by atoms with van der Waals surface area (Å²) in [6.07, 6.45) is 2.10. The van der Waals surface area contributed by atoms with Gasteiger partial charge in [-0.25, -0.2) is 0 Å². The van der Waals surface area contributed by atoms with Crippen LogP contribution in [0, 0.1) is 5.92 Å². The minimum absolute atomic E-state index is 0. The second-order valence-corrected chi connectivity index (χ2v) is 6.30. The molecule has 2 N–H and O–H groups in total. The first-order valence-corrected chi connectivity index (χ1v) is 8.41. The number of hydrogen-bond acceptors (Lipinski definition) is 3. The molecule has 6 heteroatoms. The van der Waals surface area contributed by atoms with Gasteiger partial charge in [-0.05, 0) is 50.0 Å². The fourth-order valence-corrected chi connectivity index (χ4v) is 3.30. The lowest BCUT2D eigenvalue weighted by atomic mass is 9.97. The Labute approximate surface area is 153 Å². The Hall–Kier alpha value is -2.11. The van der Waals surface area contributed by atoms with Crippen LogP contribution >= 0.6 is 12.4 Å². The highest BCUT2D eigenvalue weighted by molar-refractivity contribution is 5.94. The largest absolute Gasteiger partial charge is 0.338 e. The molecule has 1 fully saturated rings. The maximum Gasteiger partial charge on any atom is 0.261 e. The van der Waals surface area contributed by atoms with Crippen molar-refractivity contribution in [3.63, 3.8) is 0 Å². The van der Waals surface area contributed by atoms with Gasteiger partial charge in [0, 0.05) is 18.8 Å². The summed E-state index contributed by atoms with van der Waals surface area (Å²) in [4.78, 5) is 29.7. The molecular formula is C19H24ClN3O2.